The summed E-state index contributed by atoms with van der Waals surface area (Å²) in [5.41, 5.74) is 0. The molecule has 0 aromatic carbocycles. The van der Waals surface area contributed by atoms with Gasteiger partial charge in [0.2, 0.25) is 0 Å². The van der Waals surface area contributed by atoms with Crippen LogP contribution < -0.4 is 5.32 Å². The van der Waals surface area contributed by atoms with Crippen LogP contribution in [0.25, 0.3) is 0 Å². The van der Waals surface area contributed by atoms with Crippen molar-refractivity contribution in [2.45, 2.75) is 13.0 Å². The molecule has 12 heavy (non-hydrogen) atoms. The van der Waals surface area contributed by atoms with Crippen LogP contribution in [0, 0.1) is 0 Å². The van der Waals surface area contributed by atoms with Crippen LogP contribution in [0.2, 0.25) is 0 Å². The number of hydrogen-bond acceptors (Lipinski definition) is 3. The molecule has 0 spiro atoms. The maximum atomic E-state index is 11.1. The molecule has 5 nitrogen and oxygen atoms in total. The maximum Gasteiger partial charge on any atom is 0.325 e. The van der Waals surface area contributed by atoms with E-state index in [4.69, 9.17) is 0 Å². The predicted octanol–water partition coefficient (Wildman–Crippen LogP) is -0.554. The Hall–Kier alpha value is -1.10. The second-order valence-electron chi connectivity index (χ2n) is 3.16. The Morgan fingerprint density at radius 1 is 1.50 bits per heavy atom. The third kappa shape index (κ3) is 1.55. The highest BCUT2D eigenvalue weighted by molar-refractivity contribution is 6.03. The summed E-state index contributed by atoms with van der Waals surface area (Å²) in [5, 5.41) is 2.24. The number of carbonyl (C=O) groups is 2. The Balaban J connectivity index is 2.63. The third-order valence-electron chi connectivity index (χ3n) is 1.77. The van der Waals surface area contributed by atoms with Crippen LogP contribution in [0.15, 0.2) is 0 Å². The zero-order chi connectivity index (χ0) is 9.30. The maximum absolute atomic E-state index is 11.1. The molecule has 0 aromatic heterocycles. The summed E-state index contributed by atoms with van der Waals surface area (Å²) in [5.74, 6) is -0.221. The molecule has 1 fully saturated rings. The Kier molecular flexibility index (Phi) is 2.32. The molecular formula is C7H13N3O2. The standard InChI is InChI=1S/C7H13N3O2/c1-5-6(11)8-7(12)10(5)4-9(2)3/h5H,4H2,1-3H3,(H,8,11,12). The van der Waals surface area contributed by atoms with Gasteiger partial charge < -0.3 is 0 Å². The first-order chi connectivity index (χ1) is 5.52. The summed E-state index contributed by atoms with van der Waals surface area (Å²) in [7, 11) is 3.70. The minimum atomic E-state index is -0.347. The van der Waals surface area contributed by atoms with Gasteiger partial charge in [0.05, 0.1) is 6.67 Å². The summed E-state index contributed by atoms with van der Waals surface area (Å²) in [6.07, 6.45) is 0. The number of urea groups is 1. The van der Waals surface area contributed by atoms with Crippen molar-refractivity contribution in [1.82, 2.24) is 15.1 Å². The normalized spacial score (nSPS) is 23.7. The van der Waals surface area contributed by atoms with E-state index in [9.17, 15) is 9.59 Å². The number of hydrogen-bond donors (Lipinski definition) is 1. The van der Waals surface area contributed by atoms with Crippen LogP contribution in [-0.2, 0) is 4.79 Å². The molecular weight excluding hydrogens is 158 g/mol. The second-order valence-corrected chi connectivity index (χ2v) is 3.16. The third-order valence-corrected chi connectivity index (χ3v) is 1.77. The lowest BCUT2D eigenvalue weighted by Gasteiger charge is -2.22. The lowest BCUT2D eigenvalue weighted by atomic mass is 10.3. The largest absolute Gasteiger partial charge is 0.325 e. The van der Waals surface area contributed by atoms with Gasteiger partial charge in [0.25, 0.3) is 5.91 Å². The minimum absolute atomic E-state index is 0.221. The van der Waals surface area contributed by atoms with E-state index in [1.807, 2.05) is 19.0 Å². The first kappa shape index (κ1) is 8.99. The fourth-order valence-electron chi connectivity index (χ4n) is 1.09. The molecule has 1 rings (SSSR count). The summed E-state index contributed by atoms with van der Waals surface area (Å²) in [4.78, 5) is 25.4. The molecule has 1 aliphatic heterocycles. The molecule has 1 atom stereocenters. The first-order valence-corrected chi connectivity index (χ1v) is 3.78. The Morgan fingerprint density at radius 2 is 2.08 bits per heavy atom. The lowest BCUT2D eigenvalue weighted by Crippen LogP contribution is -2.39. The average molecular weight is 171 g/mol. The molecule has 0 radical (unpaired) electrons. The monoisotopic (exact) mass is 171 g/mol. The summed E-state index contributed by atoms with van der Waals surface area (Å²) >= 11 is 0. The number of carbonyl (C=O) groups excluding carboxylic acids is 2. The van der Waals surface area contributed by atoms with E-state index in [1.54, 1.807) is 6.92 Å². The van der Waals surface area contributed by atoms with E-state index >= 15 is 0 Å². The van der Waals surface area contributed by atoms with Gasteiger partial charge >= 0.3 is 6.03 Å². The summed E-state index contributed by atoms with van der Waals surface area (Å²) < 4.78 is 0. The van der Waals surface area contributed by atoms with Gasteiger partial charge in [0.1, 0.15) is 6.04 Å². The van der Waals surface area contributed by atoms with E-state index in [0.29, 0.717) is 6.67 Å². The minimum Gasteiger partial charge on any atom is -0.300 e. The molecule has 0 bridgehead atoms. The highest BCUT2D eigenvalue weighted by atomic mass is 16.2. The van der Waals surface area contributed by atoms with Crippen LogP contribution in [0.3, 0.4) is 0 Å². The molecule has 1 N–H and O–H groups in total. The SMILES string of the molecule is CC1C(=O)NC(=O)N1CN(C)C. The first-order valence-electron chi connectivity index (χ1n) is 3.78. The van der Waals surface area contributed by atoms with Crippen molar-refractivity contribution in [3.63, 3.8) is 0 Å². The quantitative estimate of drug-likeness (QED) is 0.567. The van der Waals surface area contributed by atoms with E-state index in [-0.39, 0.29) is 18.0 Å². The fourth-order valence-corrected chi connectivity index (χ4v) is 1.09. The van der Waals surface area contributed by atoms with Crippen molar-refractivity contribution in [3.05, 3.63) is 0 Å². The number of nitrogens with one attached hydrogen (secondary N) is 1. The number of nitrogens with zero attached hydrogens (tertiary/aromatic N) is 2. The van der Waals surface area contributed by atoms with Crippen molar-refractivity contribution in [2.75, 3.05) is 20.8 Å². The van der Waals surface area contributed by atoms with Crippen LogP contribution in [0.4, 0.5) is 4.79 Å². The Bertz CT molecular complexity index is 215. The van der Waals surface area contributed by atoms with E-state index in [2.05, 4.69) is 5.32 Å². The molecule has 0 aliphatic carbocycles. The van der Waals surface area contributed by atoms with Crippen molar-refractivity contribution < 1.29 is 9.59 Å². The van der Waals surface area contributed by atoms with Crippen molar-refractivity contribution in [2.24, 2.45) is 0 Å². The van der Waals surface area contributed by atoms with Gasteiger partial charge in [-0.25, -0.2) is 4.79 Å². The van der Waals surface area contributed by atoms with Gasteiger partial charge in [-0.05, 0) is 21.0 Å². The van der Waals surface area contributed by atoms with Gasteiger partial charge in [-0.2, -0.15) is 0 Å². The Morgan fingerprint density at radius 3 is 2.42 bits per heavy atom. The van der Waals surface area contributed by atoms with Crippen molar-refractivity contribution in [3.8, 4) is 0 Å². The van der Waals surface area contributed by atoms with E-state index in [0.717, 1.165) is 0 Å². The lowest BCUT2D eigenvalue weighted by molar-refractivity contribution is -0.121. The molecule has 3 amide bonds. The van der Waals surface area contributed by atoms with Crippen LogP contribution in [0.5, 0.6) is 0 Å². The predicted molar refractivity (Wildman–Crippen MR) is 43.4 cm³/mol. The molecule has 68 valence electrons. The fraction of sp³-hybridized carbons (Fsp3) is 0.714. The van der Waals surface area contributed by atoms with Crippen LogP contribution in [-0.4, -0.2) is 48.5 Å². The highest BCUT2D eigenvalue weighted by Gasteiger charge is 2.34. The zero-order valence-corrected chi connectivity index (χ0v) is 7.50. The van der Waals surface area contributed by atoms with Gasteiger partial charge in [-0.3, -0.25) is 19.9 Å². The van der Waals surface area contributed by atoms with Crippen molar-refractivity contribution in [1.29, 1.82) is 0 Å². The topological polar surface area (TPSA) is 52.7 Å². The number of imide groups is 1. The molecule has 1 unspecified atom stereocenters. The summed E-state index contributed by atoms with van der Waals surface area (Å²) in [6.45, 7) is 2.18. The van der Waals surface area contributed by atoms with Gasteiger partial charge in [0.15, 0.2) is 0 Å². The number of amides is 3. The number of rotatable bonds is 2. The van der Waals surface area contributed by atoms with Gasteiger partial charge in [0, 0.05) is 0 Å². The molecule has 1 heterocycles. The van der Waals surface area contributed by atoms with Crippen LogP contribution >= 0.6 is 0 Å². The van der Waals surface area contributed by atoms with E-state index in [1.165, 1.54) is 4.90 Å². The molecule has 5 heteroatoms. The van der Waals surface area contributed by atoms with Gasteiger partial charge in [-0.1, -0.05) is 0 Å². The van der Waals surface area contributed by atoms with Crippen molar-refractivity contribution >= 4 is 11.9 Å². The van der Waals surface area contributed by atoms with E-state index < -0.39 is 0 Å². The molecule has 1 aliphatic rings. The van der Waals surface area contributed by atoms with Crippen LogP contribution in [0.1, 0.15) is 6.92 Å². The van der Waals surface area contributed by atoms with Gasteiger partial charge in [-0.15, -0.1) is 0 Å². The molecule has 1 saturated heterocycles. The second kappa shape index (κ2) is 3.10. The molecule has 0 saturated carbocycles. The zero-order valence-electron chi connectivity index (χ0n) is 7.50. The smallest absolute Gasteiger partial charge is 0.300 e. The Labute approximate surface area is 71.3 Å². The average Bonchev–Trinajstić information content (AvgIpc) is 2.16. The summed E-state index contributed by atoms with van der Waals surface area (Å²) in [6, 6.07) is -0.652. The highest BCUT2D eigenvalue weighted by Crippen LogP contribution is 2.06. The molecule has 0 aromatic rings.